The average Bonchev–Trinajstić information content (AvgIpc) is 3.31. The van der Waals surface area contributed by atoms with E-state index >= 15 is 0 Å². The summed E-state index contributed by atoms with van der Waals surface area (Å²) >= 11 is 0. The first-order chi connectivity index (χ1) is 14.7. The number of amides is 1. The normalized spacial score (nSPS) is 22.2. The fourth-order valence-electron chi connectivity index (χ4n) is 4.31. The number of rotatable bonds is 10. The Hall–Kier alpha value is -2.11. The minimum Gasteiger partial charge on any atom is -0.466 e. The molecule has 2 atom stereocenters. The van der Waals surface area contributed by atoms with Crippen LogP contribution in [0.5, 0.6) is 0 Å². The quantitative estimate of drug-likeness (QED) is 0.609. The molecule has 5 heteroatoms. The zero-order valence-electron chi connectivity index (χ0n) is 18.2. The number of hydrogen-bond acceptors (Lipinski definition) is 4. The van der Waals surface area contributed by atoms with Crippen molar-refractivity contribution in [1.82, 2.24) is 15.1 Å². The van der Waals surface area contributed by atoms with Crippen molar-refractivity contribution < 1.29 is 9.21 Å². The Kier molecular flexibility index (Phi) is 7.24. The largest absolute Gasteiger partial charge is 0.466 e. The van der Waals surface area contributed by atoms with Crippen molar-refractivity contribution in [2.45, 2.75) is 45.1 Å². The van der Waals surface area contributed by atoms with Crippen molar-refractivity contribution >= 4 is 5.91 Å². The average molecular weight is 410 g/mol. The van der Waals surface area contributed by atoms with Gasteiger partial charge in [-0.25, -0.2) is 0 Å². The maximum absolute atomic E-state index is 12.1. The Morgan fingerprint density at radius 2 is 1.80 bits per heavy atom. The zero-order chi connectivity index (χ0) is 20.8. The van der Waals surface area contributed by atoms with E-state index in [9.17, 15) is 4.79 Å². The van der Waals surface area contributed by atoms with Crippen molar-refractivity contribution in [3.05, 3.63) is 59.5 Å². The van der Waals surface area contributed by atoms with E-state index in [1.807, 2.05) is 6.07 Å². The van der Waals surface area contributed by atoms with Crippen molar-refractivity contribution in [2.75, 3.05) is 39.3 Å². The van der Waals surface area contributed by atoms with Gasteiger partial charge in [-0.15, -0.1) is 0 Å². The molecule has 2 fully saturated rings. The highest BCUT2D eigenvalue weighted by atomic mass is 16.3. The van der Waals surface area contributed by atoms with Crippen LogP contribution in [0, 0.1) is 5.92 Å². The molecule has 1 aliphatic heterocycles. The van der Waals surface area contributed by atoms with Gasteiger partial charge in [-0.1, -0.05) is 37.3 Å². The summed E-state index contributed by atoms with van der Waals surface area (Å²) in [7, 11) is 0. The molecule has 1 aliphatic carbocycles. The number of hydrogen-bond donors (Lipinski definition) is 1. The summed E-state index contributed by atoms with van der Waals surface area (Å²) in [6.45, 7) is 9.57. The second-order valence-electron chi connectivity index (χ2n) is 8.93. The van der Waals surface area contributed by atoms with E-state index in [0.717, 1.165) is 69.7 Å². The molecule has 0 unspecified atom stereocenters. The van der Waals surface area contributed by atoms with Crippen LogP contribution in [-0.4, -0.2) is 55.0 Å². The molecule has 1 saturated carbocycles. The Morgan fingerprint density at radius 1 is 1.07 bits per heavy atom. The second kappa shape index (κ2) is 10.3. The third-order valence-corrected chi connectivity index (χ3v) is 6.44. The molecule has 5 nitrogen and oxygen atoms in total. The summed E-state index contributed by atoms with van der Waals surface area (Å²) in [5.74, 6) is 3.52. The lowest BCUT2D eigenvalue weighted by Crippen LogP contribution is -2.46. The summed E-state index contributed by atoms with van der Waals surface area (Å²) < 4.78 is 5.89. The summed E-state index contributed by atoms with van der Waals surface area (Å²) in [4.78, 5) is 17.2. The molecule has 162 valence electrons. The smallest absolute Gasteiger partial charge is 0.220 e. The second-order valence-corrected chi connectivity index (χ2v) is 8.93. The van der Waals surface area contributed by atoms with Crippen LogP contribution in [-0.2, 0) is 17.8 Å². The van der Waals surface area contributed by atoms with Gasteiger partial charge in [0.05, 0.1) is 0 Å². The number of furan rings is 1. The Bertz CT molecular complexity index is 796. The molecule has 0 bridgehead atoms. The molecular weight excluding hydrogens is 374 g/mol. The van der Waals surface area contributed by atoms with Crippen molar-refractivity contribution in [1.29, 1.82) is 0 Å². The SMILES string of the molecule is C[C@@H]1C[C@@H]1c1ccc(CCC(=O)NCCCN2CCN(Cc3ccccc3)CC2)o1. The number of benzene rings is 1. The zero-order valence-corrected chi connectivity index (χ0v) is 18.2. The molecule has 30 heavy (non-hydrogen) atoms. The van der Waals surface area contributed by atoms with Crippen LogP contribution in [0.1, 0.15) is 49.2 Å². The molecule has 2 heterocycles. The van der Waals surface area contributed by atoms with Crippen LogP contribution in [0.3, 0.4) is 0 Å². The fraction of sp³-hybridized carbons (Fsp3) is 0.560. The number of nitrogens with one attached hydrogen (secondary N) is 1. The van der Waals surface area contributed by atoms with E-state index in [-0.39, 0.29) is 5.91 Å². The monoisotopic (exact) mass is 409 g/mol. The standard InChI is InChI=1S/C25H35N3O2/c1-20-18-23(20)24-10-8-22(30-24)9-11-25(29)26-12-5-13-27-14-16-28(17-15-27)19-21-6-3-2-4-7-21/h2-4,6-8,10,20,23H,5,9,11-19H2,1H3,(H,26,29)/t20-,23+/m1/s1. The first kappa shape index (κ1) is 21.1. The molecule has 4 rings (SSSR count). The first-order valence-corrected chi connectivity index (χ1v) is 11.5. The van der Waals surface area contributed by atoms with Gasteiger partial charge < -0.3 is 14.6 Å². The van der Waals surface area contributed by atoms with E-state index < -0.39 is 0 Å². The van der Waals surface area contributed by atoms with E-state index in [1.165, 1.54) is 12.0 Å². The third-order valence-electron chi connectivity index (χ3n) is 6.44. The van der Waals surface area contributed by atoms with Crippen LogP contribution < -0.4 is 5.32 Å². The number of carbonyl (C=O) groups excluding carboxylic acids is 1. The lowest BCUT2D eigenvalue weighted by atomic mass is 10.2. The minimum atomic E-state index is 0.125. The van der Waals surface area contributed by atoms with Gasteiger partial charge in [-0.2, -0.15) is 0 Å². The van der Waals surface area contributed by atoms with Gasteiger partial charge in [-0.05, 0) is 43.0 Å². The molecule has 1 amide bonds. The molecule has 1 N–H and O–H groups in total. The summed E-state index contributed by atoms with van der Waals surface area (Å²) in [5, 5.41) is 3.07. The number of nitrogens with zero attached hydrogens (tertiary/aromatic N) is 2. The lowest BCUT2D eigenvalue weighted by molar-refractivity contribution is -0.121. The van der Waals surface area contributed by atoms with Gasteiger partial charge in [0.2, 0.25) is 5.91 Å². The topological polar surface area (TPSA) is 48.7 Å². The maximum Gasteiger partial charge on any atom is 0.220 e. The molecule has 2 aromatic rings. The van der Waals surface area contributed by atoms with Gasteiger partial charge in [0.15, 0.2) is 0 Å². The summed E-state index contributed by atoms with van der Waals surface area (Å²) in [5.41, 5.74) is 1.39. The molecular formula is C25H35N3O2. The van der Waals surface area contributed by atoms with Gasteiger partial charge in [0.25, 0.3) is 0 Å². The highest BCUT2D eigenvalue weighted by Crippen LogP contribution is 2.47. The van der Waals surface area contributed by atoms with Gasteiger partial charge >= 0.3 is 0 Å². The maximum atomic E-state index is 12.1. The van der Waals surface area contributed by atoms with Gasteiger partial charge in [0, 0.05) is 58.0 Å². The van der Waals surface area contributed by atoms with Gasteiger partial charge in [0.1, 0.15) is 11.5 Å². The highest BCUT2D eigenvalue weighted by Gasteiger charge is 2.36. The Morgan fingerprint density at radius 3 is 2.53 bits per heavy atom. The number of piperazine rings is 1. The predicted octanol–water partition coefficient (Wildman–Crippen LogP) is 3.66. The third kappa shape index (κ3) is 6.19. The molecule has 1 saturated heterocycles. The fourth-order valence-corrected chi connectivity index (χ4v) is 4.31. The van der Waals surface area contributed by atoms with Crippen LogP contribution in [0.15, 0.2) is 46.9 Å². The molecule has 2 aliphatic rings. The highest BCUT2D eigenvalue weighted by molar-refractivity contribution is 5.76. The van der Waals surface area contributed by atoms with Crippen LogP contribution in [0.2, 0.25) is 0 Å². The first-order valence-electron chi connectivity index (χ1n) is 11.5. The number of carbonyl (C=O) groups is 1. The van der Waals surface area contributed by atoms with E-state index in [0.29, 0.717) is 18.8 Å². The number of aryl methyl sites for hydroxylation is 1. The Labute approximate surface area is 180 Å². The lowest BCUT2D eigenvalue weighted by Gasteiger charge is -2.34. The van der Waals surface area contributed by atoms with Gasteiger partial charge in [-0.3, -0.25) is 9.69 Å². The predicted molar refractivity (Wildman–Crippen MR) is 119 cm³/mol. The van der Waals surface area contributed by atoms with Crippen LogP contribution in [0.4, 0.5) is 0 Å². The van der Waals surface area contributed by atoms with E-state index in [2.05, 4.69) is 58.4 Å². The van der Waals surface area contributed by atoms with E-state index in [1.54, 1.807) is 0 Å². The van der Waals surface area contributed by atoms with Crippen LogP contribution in [0.25, 0.3) is 0 Å². The van der Waals surface area contributed by atoms with E-state index in [4.69, 9.17) is 4.42 Å². The van der Waals surface area contributed by atoms with Crippen molar-refractivity contribution in [3.8, 4) is 0 Å². The molecule has 1 aromatic heterocycles. The summed E-state index contributed by atoms with van der Waals surface area (Å²) in [6, 6.07) is 14.8. The molecule has 0 spiro atoms. The Balaban J connectivity index is 1.05. The van der Waals surface area contributed by atoms with Crippen LogP contribution >= 0.6 is 0 Å². The molecule has 0 radical (unpaired) electrons. The van der Waals surface area contributed by atoms with Crippen molar-refractivity contribution in [2.24, 2.45) is 5.92 Å². The molecule has 1 aromatic carbocycles. The summed E-state index contributed by atoms with van der Waals surface area (Å²) in [6.07, 6.45) is 3.44. The van der Waals surface area contributed by atoms with Crippen molar-refractivity contribution in [3.63, 3.8) is 0 Å². The minimum absolute atomic E-state index is 0.125.